The van der Waals surface area contributed by atoms with E-state index in [9.17, 15) is 31.9 Å². The Morgan fingerprint density at radius 2 is 1.87 bits per heavy atom. The highest BCUT2D eigenvalue weighted by molar-refractivity contribution is 5.94. The molecule has 0 aliphatic carbocycles. The first-order valence-corrected chi connectivity index (χ1v) is 9.14. The van der Waals surface area contributed by atoms with Crippen molar-refractivity contribution in [3.8, 4) is 6.07 Å². The first-order valence-electron chi connectivity index (χ1n) is 9.14. The number of carbonyl (C=O) groups excluding carboxylic acids is 1. The minimum absolute atomic E-state index is 0.0421. The van der Waals surface area contributed by atoms with E-state index >= 15 is 0 Å². The summed E-state index contributed by atoms with van der Waals surface area (Å²) in [6, 6.07) is 7.30. The lowest BCUT2D eigenvalue weighted by Gasteiger charge is -2.15. The number of amides is 1. The van der Waals surface area contributed by atoms with Gasteiger partial charge in [0.25, 0.3) is 5.91 Å². The number of aliphatic hydroxyl groups is 1. The fourth-order valence-corrected chi connectivity index (χ4v) is 2.83. The van der Waals surface area contributed by atoms with Gasteiger partial charge in [0.05, 0.1) is 29.3 Å². The largest absolute Gasteiger partial charge is 0.417 e. The maximum absolute atomic E-state index is 13.9. The number of nitrogens with zero attached hydrogens (tertiary/aromatic N) is 2. The topological polar surface area (TPSA) is 78.1 Å². The number of hydrogen-bond donors (Lipinski definition) is 2. The second kappa shape index (κ2) is 9.57. The summed E-state index contributed by atoms with van der Waals surface area (Å²) in [7, 11) is 0. The second-order valence-corrected chi connectivity index (χ2v) is 6.17. The van der Waals surface area contributed by atoms with Gasteiger partial charge < -0.3 is 15.0 Å². The molecule has 1 heterocycles. The van der Waals surface area contributed by atoms with E-state index in [-0.39, 0.29) is 16.6 Å². The first-order chi connectivity index (χ1) is 14.6. The minimum Gasteiger partial charge on any atom is -0.381 e. The molecule has 0 aliphatic rings. The molecule has 2 aromatic carbocycles. The van der Waals surface area contributed by atoms with E-state index in [1.807, 2.05) is 13.8 Å². The Labute approximate surface area is 174 Å². The number of rotatable bonds is 4. The van der Waals surface area contributed by atoms with Gasteiger partial charge in [0.15, 0.2) is 6.10 Å². The van der Waals surface area contributed by atoms with E-state index in [1.165, 1.54) is 16.7 Å². The molecule has 164 valence electrons. The summed E-state index contributed by atoms with van der Waals surface area (Å²) in [5.41, 5.74) is -1.88. The molecule has 3 rings (SSSR count). The van der Waals surface area contributed by atoms with Crippen molar-refractivity contribution in [1.82, 2.24) is 4.57 Å². The predicted molar refractivity (Wildman–Crippen MR) is 104 cm³/mol. The monoisotopic (exact) mass is 439 g/mol. The molecular formula is C21H18F5N3O2. The molecule has 3 aromatic rings. The molecule has 0 saturated heterocycles. The van der Waals surface area contributed by atoms with Crippen molar-refractivity contribution in [3.05, 3.63) is 65.4 Å². The fraction of sp³-hybridized carbons (Fsp3) is 0.238. The van der Waals surface area contributed by atoms with Gasteiger partial charge in [-0.1, -0.05) is 13.8 Å². The number of halogens is 5. The van der Waals surface area contributed by atoms with Crippen LogP contribution in [0.4, 0.5) is 27.6 Å². The molecule has 10 heteroatoms. The van der Waals surface area contributed by atoms with Crippen molar-refractivity contribution >= 4 is 22.5 Å². The maximum Gasteiger partial charge on any atom is 0.417 e. The van der Waals surface area contributed by atoms with Crippen molar-refractivity contribution < 1.29 is 31.9 Å². The van der Waals surface area contributed by atoms with E-state index < -0.39 is 47.5 Å². The zero-order chi connectivity index (χ0) is 23.3. The van der Waals surface area contributed by atoms with E-state index in [1.54, 1.807) is 0 Å². The zero-order valence-corrected chi connectivity index (χ0v) is 16.5. The smallest absolute Gasteiger partial charge is 0.381 e. The highest BCUT2D eigenvalue weighted by atomic mass is 19.4. The van der Waals surface area contributed by atoms with Gasteiger partial charge in [-0.3, -0.25) is 4.79 Å². The third-order valence-corrected chi connectivity index (χ3v) is 4.18. The number of aliphatic hydroxyl groups excluding tert-OH is 1. The molecule has 1 aromatic heterocycles. The summed E-state index contributed by atoms with van der Waals surface area (Å²) in [4.78, 5) is 12.2. The van der Waals surface area contributed by atoms with Crippen LogP contribution in [0.2, 0.25) is 0 Å². The zero-order valence-electron chi connectivity index (χ0n) is 16.5. The van der Waals surface area contributed by atoms with Crippen LogP contribution in [0, 0.1) is 23.0 Å². The van der Waals surface area contributed by atoms with E-state index in [0.29, 0.717) is 6.07 Å². The number of anilines is 1. The Morgan fingerprint density at radius 1 is 1.19 bits per heavy atom. The maximum atomic E-state index is 13.9. The number of hydrogen-bond acceptors (Lipinski definition) is 3. The van der Waals surface area contributed by atoms with Gasteiger partial charge in [-0.05, 0) is 36.4 Å². The van der Waals surface area contributed by atoms with Crippen LogP contribution >= 0.6 is 0 Å². The van der Waals surface area contributed by atoms with Crippen LogP contribution in [0.3, 0.4) is 0 Å². The summed E-state index contributed by atoms with van der Waals surface area (Å²) in [5, 5.41) is 20.9. The molecule has 0 radical (unpaired) electrons. The Morgan fingerprint density at radius 3 is 2.48 bits per heavy atom. The van der Waals surface area contributed by atoms with Gasteiger partial charge in [0.1, 0.15) is 11.6 Å². The number of nitriles is 1. The quantitative estimate of drug-likeness (QED) is 0.572. The third kappa shape index (κ3) is 5.38. The predicted octanol–water partition coefficient (Wildman–Crippen LogP) is 4.84. The van der Waals surface area contributed by atoms with Gasteiger partial charge in [-0.25, -0.2) is 8.78 Å². The fourth-order valence-electron chi connectivity index (χ4n) is 2.83. The van der Waals surface area contributed by atoms with Crippen LogP contribution in [-0.2, 0) is 17.5 Å². The van der Waals surface area contributed by atoms with E-state index in [0.717, 1.165) is 30.5 Å². The lowest BCUT2D eigenvalue weighted by atomic mass is 10.1. The van der Waals surface area contributed by atoms with Crippen molar-refractivity contribution in [2.45, 2.75) is 32.7 Å². The van der Waals surface area contributed by atoms with Crippen LogP contribution in [-0.4, -0.2) is 21.7 Å². The minimum atomic E-state index is -4.80. The molecular weight excluding hydrogens is 421 g/mol. The Hall–Kier alpha value is -3.45. The standard InChI is InChI=1S/C19H12F5N3O2.C2H6/c20-11-2-4-16-13(5-11)15(21)8-27(16)9-17(28)18(29)26-12-3-1-10(7-25)14(6-12)19(22,23)24;1-2/h1-6,8,17,28H,9H2,(H,26,29);1-2H3/t17-;/m0./s1. The molecule has 1 amide bonds. The lowest BCUT2D eigenvalue weighted by Crippen LogP contribution is -2.31. The summed E-state index contributed by atoms with van der Waals surface area (Å²) in [6.07, 6.45) is -5.56. The summed E-state index contributed by atoms with van der Waals surface area (Å²) >= 11 is 0. The molecule has 0 unspecified atom stereocenters. The van der Waals surface area contributed by atoms with Crippen molar-refractivity contribution in [1.29, 1.82) is 5.26 Å². The van der Waals surface area contributed by atoms with Crippen molar-refractivity contribution in [2.75, 3.05) is 5.32 Å². The molecule has 0 fully saturated rings. The van der Waals surface area contributed by atoms with Gasteiger partial charge >= 0.3 is 6.18 Å². The molecule has 1 atom stereocenters. The van der Waals surface area contributed by atoms with Gasteiger partial charge in [0, 0.05) is 17.3 Å². The SMILES string of the molecule is CC.N#Cc1ccc(NC(=O)[C@@H](O)Cn2cc(F)c3cc(F)ccc32)cc1C(F)(F)F. The molecule has 0 spiro atoms. The van der Waals surface area contributed by atoms with Crippen LogP contribution in [0.15, 0.2) is 42.6 Å². The van der Waals surface area contributed by atoms with E-state index in [2.05, 4.69) is 5.32 Å². The molecule has 5 nitrogen and oxygen atoms in total. The molecule has 0 saturated carbocycles. The lowest BCUT2D eigenvalue weighted by molar-refractivity contribution is -0.137. The van der Waals surface area contributed by atoms with Crippen LogP contribution in [0.5, 0.6) is 0 Å². The Kier molecular flexibility index (Phi) is 7.36. The Balaban J connectivity index is 0.00000166. The molecule has 31 heavy (non-hydrogen) atoms. The van der Waals surface area contributed by atoms with Gasteiger partial charge in [-0.2, -0.15) is 18.4 Å². The van der Waals surface area contributed by atoms with Crippen molar-refractivity contribution in [2.24, 2.45) is 0 Å². The van der Waals surface area contributed by atoms with Gasteiger partial charge in [0.2, 0.25) is 0 Å². The number of nitrogens with one attached hydrogen (secondary N) is 1. The first kappa shape index (κ1) is 23.8. The van der Waals surface area contributed by atoms with Crippen LogP contribution in [0.25, 0.3) is 10.9 Å². The number of fused-ring (bicyclic) bond motifs is 1. The second-order valence-electron chi connectivity index (χ2n) is 6.17. The van der Waals surface area contributed by atoms with Crippen LogP contribution in [0.1, 0.15) is 25.0 Å². The number of benzene rings is 2. The number of aromatic nitrogens is 1. The molecule has 0 bridgehead atoms. The highest BCUT2D eigenvalue weighted by Gasteiger charge is 2.34. The normalized spacial score (nSPS) is 12.0. The summed E-state index contributed by atoms with van der Waals surface area (Å²) in [6.45, 7) is 3.58. The Bertz CT molecular complexity index is 1130. The van der Waals surface area contributed by atoms with E-state index in [4.69, 9.17) is 5.26 Å². The molecule has 0 aliphatic heterocycles. The molecule has 2 N–H and O–H groups in total. The highest BCUT2D eigenvalue weighted by Crippen LogP contribution is 2.33. The average molecular weight is 439 g/mol. The van der Waals surface area contributed by atoms with Crippen molar-refractivity contribution in [3.63, 3.8) is 0 Å². The summed E-state index contributed by atoms with van der Waals surface area (Å²) in [5.74, 6) is -2.45. The third-order valence-electron chi connectivity index (χ3n) is 4.18. The summed E-state index contributed by atoms with van der Waals surface area (Å²) < 4.78 is 67.3. The van der Waals surface area contributed by atoms with Crippen LogP contribution < -0.4 is 5.32 Å². The number of alkyl halides is 3. The van der Waals surface area contributed by atoms with Gasteiger partial charge in [-0.15, -0.1) is 0 Å². The number of carbonyl (C=O) groups is 1. The average Bonchev–Trinajstić information content (AvgIpc) is 3.03.